The highest BCUT2D eigenvalue weighted by Crippen LogP contribution is 2.29. The van der Waals surface area contributed by atoms with Gasteiger partial charge in [-0.15, -0.1) is 0 Å². The van der Waals surface area contributed by atoms with E-state index in [-0.39, 0.29) is 5.92 Å². The SMILES string of the molecule is N#CCC1COc2ccccc2OCCOCCOc2ccccc2OC1. The summed E-state index contributed by atoms with van der Waals surface area (Å²) in [6.45, 7) is 2.45. The van der Waals surface area contributed by atoms with Crippen LogP contribution in [-0.2, 0) is 4.74 Å². The highest BCUT2D eigenvalue weighted by molar-refractivity contribution is 5.40. The lowest BCUT2D eigenvalue weighted by Gasteiger charge is -2.19. The second kappa shape index (κ2) is 10.3. The molecule has 142 valence electrons. The topological polar surface area (TPSA) is 69.9 Å². The van der Waals surface area contributed by atoms with E-state index in [4.69, 9.17) is 28.9 Å². The van der Waals surface area contributed by atoms with E-state index in [0.29, 0.717) is 69.1 Å². The van der Waals surface area contributed by atoms with Gasteiger partial charge in [0.1, 0.15) is 13.2 Å². The number of hydrogen-bond acceptors (Lipinski definition) is 6. The molecule has 2 aromatic carbocycles. The van der Waals surface area contributed by atoms with Crippen LogP contribution in [0.15, 0.2) is 48.5 Å². The number of fused-ring (bicyclic) bond motifs is 2. The van der Waals surface area contributed by atoms with Gasteiger partial charge >= 0.3 is 0 Å². The van der Waals surface area contributed by atoms with E-state index in [2.05, 4.69) is 6.07 Å². The molecule has 0 bridgehead atoms. The molecule has 0 aliphatic carbocycles. The Morgan fingerprint density at radius 3 is 1.59 bits per heavy atom. The summed E-state index contributed by atoms with van der Waals surface area (Å²) in [5.74, 6) is 2.54. The van der Waals surface area contributed by atoms with Crippen LogP contribution >= 0.6 is 0 Å². The molecule has 3 rings (SSSR count). The van der Waals surface area contributed by atoms with Crippen molar-refractivity contribution in [2.75, 3.05) is 39.6 Å². The Hall–Kier alpha value is -2.91. The highest BCUT2D eigenvalue weighted by Gasteiger charge is 2.15. The van der Waals surface area contributed by atoms with Gasteiger partial charge in [-0.2, -0.15) is 5.26 Å². The summed E-state index contributed by atoms with van der Waals surface area (Å²) in [6.07, 6.45) is 0.333. The fraction of sp³-hybridized carbons (Fsp3) is 0.381. The van der Waals surface area contributed by atoms with Crippen molar-refractivity contribution in [2.24, 2.45) is 5.92 Å². The van der Waals surface area contributed by atoms with Crippen molar-refractivity contribution in [3.05, 3.63) is 48.5 Å². The number of nitrogens with zero attached hydrogens (tertiary/aromatic N) is 1. The summed E-state index contributed by atoms with van der Waals surface area (Å²) >= 11 is 0. The highest BCUT2D eigenvalue weighted by atomic mass is 16.6. The van der Waals surface area contributed by atoms with Crippen LogP contribution in [0.25, 0.3) is 0 Å². The quantitative estimate of drug-likeness (QED) is 0.767. The van der Waals surface area contributed by atoms with Crippen molar-refractivity contribution in [3.63, 3.8) is 0 Å². The van der Waals surface area contributed by atoms with Crippen LogP contribution in [0.4, 0.5) is 0 Å². The fourth-order valence-electron chi connectivity index (χ4n) is 2.61. The third kappa shape index (κ3) is 5.80. The first-order valence-corrected chi connectivity index (χ1v) is 9.01. The van der Waals surface area contributed by atoms with Crippen molar-refractivity contribution >= 4 is 0 Å². The van der Waals surface area contributed by atoms with Gasteiger partial charge in [0.05, 0.1) is 32.5 Å². The Bertz CT molecular complexity index is 703. The van der Waals surface area contributed by atoms with E-state index in [9.17, 15) is 0 Å². The van der Waals surface area contributed by atoms with Crippen molar-refractivity contribution in [3.8, 4) is 29.1 Å². The first-order valence-electron chi connectivity index (χ1n) is 9.01. The average Bonchev–Trinajstić information content (AvgIpc) is 2.70. The van der Waals surface area contributed by atoms with Gasteiger partial charge in [-0.05, 0) is 24.3 Å². The molecular weight excluding hydrogens is 346 g/mol. The molecule has 0 saturated carbocycles. The second-order valence-electron chi connectivity index (χ2n) is 6.05. The van der Waals surface area contributed by atoms with Crippen LogP contribution in [0, 0.1) is 17.2 Å². The van der Waals surface area contributed by atoms with E-state index in [1.165, 1.54) is 0 Å². The predicted octanol–water partition coefficient (Wildman–Crippen LogP) is 3.46. The maximum absolute atomic E-state index is 9.12. The molecule has 1 aliphatic heterocycles. The van der Waals surface area contributed by atoms with Gasteiger partial charge in [-0.3, -0.25) is 0 Å². The molecule has 27 heavy (non-hydrogen) atoms. The zero-order valence-electron chi connectivity index (χ0n) is 15.1. The third-order valence-corrected chi connectivity index (χ3v) is 4.00. The predicted molar refractivity (Wildman–Crippen MR) is 99.4 cm³/mol. The zero-order valence-corrected chi connectivity index (χ0v) is 15.1. The van der Waals surface area contributed by atoms with Crippen molar-refractivity contribution < 1.29 is 23.7 Å². The summed E-state index contributed by atoms with van der Waals surface area (Å²) in [7, 11) is 0. The standard InChI is InChI=1S/C21H23NO5/c22-10-9-17-15-26-20-7-3-1-5-18(20)24-13-11-23-12-14-25-19-6-2-4-8-21(19)27-16-17/h1-8,17H,9,11-16H2. The minimum absolute atomic E-state index is 0.0765. The third-order valence-electron chi connectivity index (χ3n) is 4.00. The van der Waals surface area contributed by atoms with E-state index in [1.807, 2.05) is 48.5 Å². The van der Waals surface area contributed by atoms with Crippen LogP contribution in [0.2, 0.25) is 0 Å². The smallest absolute Gasteiger partial charge is 0.161 e. The molecule has 0 radical (unpaired) electrons. The lowest BCUT2D eigenvalue weighted by Crippen LogP contribution is -2.20. The minimum atomic E-state index is -0.0765. The van der Waals surface area contributed by atoms with Crippen molar-refractivity contribution in [1.82, 2.24) is 0 Å². The molecule has 0 N–H and O–H groups in total. The summed E-state index contributed by atoms with van der Waals surface area (Å²) in [5, 5.41) is 9.12. The molecule has 0 unspecified atom stereocenters. The van der Waals surface area contributed by atoms with Crippen LogP contribution in [0.3, 0.4) is 0 Å². The number of hydrogen-bond donors (Lipinski definition) is 0. The molecule has 0 fully saturated rings. The van der Waals surface area contributed by atoms with Crippen LogP contribution in [0.1, 0.15) is 6.42 Å². The van der Waals surface area contributed by atoms with E-state index in [0.717, 1.165) is 0 Å². The van der Waals surface area contributed by atoms with Gasteiger partial charge in [0.15, 0.2) is 23.0 Å². The first-order chi connectivity index (χ1) is 13.4. The number of ether oxygens (including phenoxy) is 5. The number of benzene rings is 2. The van der Waals surface area contributed by atoms with Crippen molar-refractivity contribution in [2.45, 2.75) is 6.42 Å². The molecule has 1 aliphatic rings. The van der Waals surface area contributed by atoms with Gasteiger partial charge in [0, 0.05) is 12.3 Å². The Balaban J connectivity index is 1.74. The summed E-state index contributed by atoms with van der Waals surface area (Å²) in [4.78, 5) is 0. The van der Waals surface area contributed by atoms with Gasteiger partial charge in [-0.25, -0.2) is 0 Å². The Morgan fingerprint density at radius 2 is 1.15 bits per heavy atom. The van der Waals surface area contributed by atoms with Gasteiger partial charge in [0.25, 0.3) is 0 Å². The molecule has 6 heteroatoms. The summed E-state index contributed by atoms with van der Waals surface area (Å²) in [6, 6.07) is 17.2. The Kier molecular flexibility index (Phi) is 7.19. The summed E-state index contributed by atoms with van der Waals surface area (Å²) in [5.41, 5.74) is 0. The van der Waals surface area contributed by atoms with Crippen LogP contribution in [-0.4, -0.2) is 39.6 Å². The van der Waals surface area contributed by atoms with Crippen LogP contribution < -0.4 is 18.9 Å². The van der Waals surface area contributed by atoms with E-state index >= 15 is 0 Å². The normalized spacial score (nSPS) is 16.3. The largest absolute Gasteiger partial charge is 0.489 e. The molecular formula is C21H23NO5. The lowest BCUT2D eigenvalue weighted by molar-refractivity contribution is 0.0727. The number of para-hydroxylation sites is 4. The van der Waals surface area contributed by atoms with Gasteiger partial charge in [-0.1, -0.05) is 24.3 Å². The Morgan fingerprint density at radius 1 is 0.704 bits per heavy atom. The Labute approximate surface area is 159 Å². The molecule has 0 atom stereocenters. The van der Waals surface area contributed by atoms with E-state index < -0.39 is 0 Å². The molecule has 0 spiro atoms. The second-order valence-corrected chi connectivity index (χ2v) is 6.05. The maximum atomic E-state index is 9.12. The monoisotopic (exact) mass is 369 g/mol. The first kappa shape index (κ1) is 18.9. The van der Waals surface area contributed by atoms with Gasteiger partial charge < -0.3 is 23.7 Å². The van der Waals surface area contributed by atoms with Crippen LogP contribution in [0.5, 0.6) is 23.0 Å². The molecule has 0 amide bonds. The fourth-order valence-corrected chi connectivity index (χ4v) is 2.61. The number of rotatable bonds is 1. The van der Waals surface area contributed by atoms with Crippen molar-refractivity contribution in [1.29, 1.82) is 5.26 Å². The summed E-state index contributed by atoms with van der Waals surface area (Å²) < 4.78 is 28.9. The van der Waals surface area contributed by atoms with Gasteiger partial charge in [0.2, 0.25) is 0 Å². The lowest BCUT2D eigenvalue weighted by atomic mass is 10.1. The van der Waals surface area contributed by atoms with E-state index in [1.54, 1.807) is 0 Å². The molecule has 0 saturated heterocycles. The maximum Gasteiger partial charge on any atom is 0.161 e. The molecule has 1 heterocycles. The zero-order chi connectivity index (χ0) is 18.7. The molecule has 6 nitrogen and oxygen atoms in total. The minimum Gasteiger partial charge on any atom is -0.489 e. The molecule has 0 aromatic heterocycles. The number of nitriles is 1. The average molecular weight is 369 g/mol. The molecule has 2 aromatic rings.